The van der Waals surface area contributed by atoms with E-state index in [2.05, 4.69) is 158 Å². The standard InChI is InChI=1S/C58H35N3S/c59-36-45-32-44(31-42-18-7-8-21-46(42)45)41-27-29-52-56(34-41)62-55-33-40(26-28-51(55)58(52)49-24-11-9-22-47(49)48-23-10-12-25-50(48)58)39-19-13-20-43(30-39)57-60-53(37-14-3-1-4-15-37)35-54(61-57)38-16-5-2-6-17-38/h1-35H. The molecule has 0 saturated carbocycles. The molecule has 1 aromatic heterocycles. The van der Waals surface area contributed by atoms with Crippen molar-refractivity contribution in [1.29, 1.82) is 5.26 Å². The first-order valence-corrected chi connectivity index (χ1v) is 21.7. The van der Waals surface area contributed by atoms with Crippen molar-refractivity contribution in [2.75, 3.05) is 0 Å². The number of hydrogen-bond donors (Lipinski definition) is 0. The Labute approximate surface area is 364 Å². The highest BCUT2D eigenvalue weighted by Gasteiger charge is 2.50. The third kappa shape index (κ3) is 5.67. The summed E-state index contributed by atoms with van der Waals surface area (Å²) in [4.78, 5) is 12.7. The summed E-state index contributed by atoms with van der Waals surface area (Å²) in [7, 11) is 0. The van der Waals surface area contributed by atoms with Gasteiger partial charge in [-0.05, 0) is 103 Å². The Hall–Kier alpha value is -7.84. The summed E-state index contributed by atoms with van der Waals surface area (Å²) in [5.41, 5.74) is 17.1. The molecule has 0 fully saturated rings. The van der Waals surface area contributed by atoms with Gasteiger partial charge in [0.15, 0.2) is 5.82 Å². The van der Waals surface area contributed by atoms with Crippen molar-refractivity contribution in [3.8, 4) is 73.4 Å². The van der Waals surface area contributed by atoms with Crippen LogP contribution in [-0.2, 0) is 5.41 Å². The number of rotatable bonds is 5. The maximum absolute atomic E-state index is 10.2. The molecule has 0 N–H and O–H groups in total. The molecule has 0 radical (unpaired) electrons. The van der Waals surface area contributed by atoms with Crippen LogP contribution in [0.15, 0.2) is 222 Å². The van der Waals surface area contributed by atoms with Gasteiger partial charge in [-0.3, -0.25) is 0 Å². The van der Waals surface area contributed by atoms with Gasteiger partial charge in [0.05, 0.1) is 28.4 Å². The highest BCUT2D eigenvalue weighted by atomic mass is 32.2. The van der Waals surface area contributed by atoms with E-state index in [4.69, 9.17) is 9.97 Å². The largest absolute Gasteiger partial charge is 0.228 e. The molecule has 2 aliphatic rings. The zero-order chi connectivity index (χ0) is 41.2. The molecule has 0 bridgehead atoms. The van der Waals surface area contributed by atoms with Gasteiger partial charge in [-0.1, -0.05) is 188 Å². The molecule has 1 aliphatic carbocycles. The minimum atomic E-state index is -0.511. The molecule has 1 aliphatic heterocycles. The third-order valence-electron chi connectivity index (χ3n) is 12.6. The molecule has 0 unspecified atom stereocenters. The first kappa shape index (κ1) is 36.0. The Morgan fingerprint density at radius 1 is 0.387 bits per heavy atom. The van der Waals surface area contributed by atoms with Gasteiger partial charge in [0, 0.05) is 26.5 Å². The molecular weight excluding hydrogens is 771 g/mol. The zero-order valence-electron chi connectivity index (χ0n) is 33.5. The maximum atomic E-state index is 10.2. The fourth-order valence-corrected chi connectivity index (χ4v) is 11.0. The van der Waals surface area contributed by atoms with Gasteiger partial charge in [-0.15, -0.1) is 0 Å². The fourth-order valence-electron chi connectivity index (χ4n) is 9.77. The monoisotopic (exact) mass is 805 g/mol. The SMILES string of the molecule is N#Cc1cc(-c2ccc3c(c2)Sc2cc(-c4cccc(-c5nc(-c6ccccc6)cc(-c6ccccc6)n5)c4)ccc2C32c3ccccc3-c3ccccc32)cc2ccccc12. The van der Waals surface area contributed by atoms with E-state index < -0.39 is 5.41 Å². The second-order valence-electron chi connectivity index (χ2n) is 16.0. The van der Waals surface area contributed by atoms with Gasteiger partial charge in [-0.2, -0.15) is 5.26 Å². The summed E-state index contributed by atoms with van der Waals surface area (Å²) in [6.07, 6.45) is 0. The Bertz CT molecular complexity index is 3360. The van der Waals surface area contributed by atoms with Crippen LogP contribution in [0.3, 0.4) is 0 Å². The molecule has 288 valence electrons. The minimum absolute atomic E-state index is 0.511. The highest BCUT2D eigenvalue weighted by molar-refractivity contribution is 7.99. The van der Waals surface area contributed by atoms with Crippen molar-refractivity contribution in [3.63, 3.8) is 0 Å². The van der Waals surface area contributed by atoms with Crippen LogP contribution in [0.4, 0.5) is 0 Å². The quantitative estimate of drug-likeness (QED) is 0.174. The lowest BCUT2D eigenvalue weighted by molar-refractivity contribution is 0.723. The Morgan fingerprint density at radius 2 is 0.903 bits per heavy atom. The molecular formula is C58H35N3S. The normalized spacial score (nSPS) is 12.9. The van der Waals surface area contributed by atoms with Crippen LogP contribution in [0, 0.1) is 11.3 Å². The van der Waals surface area contributed by atoms with Gasteiger partial charge in [0.25, 0.3) is 0 Å². The van der Waals surface area contributed by atoms with Crippen LogP contribution in [-0.4, -0.2) is 9.97 Å². The average molecular weight is 806 g/mol. The van der Waals surface area contributed by atoms with Crippen molar-refractivity contribution < 1.29 is 0 Å². The van der Waals surface area contributed by atoms with Crippen molar-refractivity contribution in [2.24, 2.45) is 0 Å². The number of fused-ring (bicyclic) bond motifs is 10. The summed E-state index contributed by atoms with van der Waals surface area (Å²) in [6, 6.07) is 78.1. The maximum Gasteiger partial charge on any atom is 0.160 e. The number of hydrogen-bond acceptors (Lipinski definition) is 4. The van der Waals surface area contributed by atoms with Crippen molar-refractivity contribution in [1.82, 2.24) is 9.97 Å². The first-order chi connectivity index (χ1) is 30.7. The summed E-state index contributed by atoms with van der Waals surface area (Å²) in [5.74, 6) is 0.687. The molecule has 12 rings (SSSR count). The zero-order valence-corrected chi connectivity index (χ0v) is 34.3. The van der Waals surface area contributed by atoms with E-state index in [0.29, 0.717) is 11.4 Å². The molecule has 10 aromatic rings. The molecule has 3 nitrogen and oxygen atoms in total. The minimum Gasteiger partial charge on any atom is -0.228 e. The van der Waals surface area contributed by atoms with Gasteiger partial charge in [0.1, 0.15) is 0 Å². The van der Waals surface area contributed by atoms with E-state index in [1.807, 2.05) is 72.4 Å². The van der Waals surface area contributed by atoms with E-state index in [9.17, 15) is 5.26 Å². The Morgan fingerprint density at radius 3 is 1.53 bits per heavy atom. The average Bonchev–Trinajstić information content (AvgIpc) is 3.64. The van der Waals surface area contributed by atoms with Crippen molar-refractivity contribution >= 4 is 22.5 Å². The highest BCUT2D eigenvalue weighted by Crippen LogP contribution is 2.62. The number of nitrogens with zero attached hydrogens (tertiary/aromatic N) is 3. The molecule has 0 saturated heterocycles. The van der Waals surface area contributed by atoms with Crippen LogP contribution in [0.5, 0.6) is 0 Å². The second-order valence-corrected chi connectivity index (χ2v) is 17.1. The third-order valence-corrected chi connectivity index (χ3v) is 13.7. The van der Waals surface area contributed by atoms with Gasteiger partial charge < -0.3 is 0 Å². The topological polar surface area (TPSA) is 49.6 Å². The van der Waals surface area contributed by atoms with Crippen LogP contribution >= 0.6 is 11.8 Å². The first-order valence-electron chi connectivity index (χ1n) is 20.9. The summed E-state index contributed by atoms with van der Waals surface area (Å²) in [6.45, 7) is 0. The number of nitriles is 1. The van der Waals surface area contributed by atoms with Gasteiger partial charge in [0.2, 0.25) is 0 Å². The van der Waals surface area contributed by atoms with E-state index >= 15 is 0 Å². The number of aromatic nitrogens is 2. The van der Waals surface area contributed by atoms with Crippen LogP contribution in [0.2, 0.25) is 0 Å². The fraction of sp³-hybridized carbons (Fsp3) is 0.0172. The molecule has 0 amide bonds. The second kappa shape index (κ2) is 14.4. The Kier molecular flexibility index (Phi) is 8.38. The van der Waals surface area contributed by atoms with E-state index in [1.165, 1.54) is 43.2 Å². The molecule has 1 spiro atoms. The lowest BCUT2D eigenvalue weighted by Crippen LogP contribution is -2.32. The summed E-state index contributed by atoms with van der Waals surface area (Å²) in [5, 5.41) is 12.2. The lowest BCUT2D eigenvalue weighted by atomic mass is 9.67. The van der Waals surface area contributed by atoms with Crippen molar-refractivity contribution in [3.05, 3.63) is 240 Å². The number of benzene rings is 9. The van der Waals surface area contributed by atoms with E-state index in [-0.39, 0.29) is 0 Å². The molecule has 62 heavy (non-hydrogen) atoms. The summed E-state index contributed by atoms with van der Waals surface area (Å²) < 4.78 is 0. The predicted molar refractivity (Wildman–Crippen MR) is 253 cm³/mol. The predicted octanol–water partition coefficient (Wildman–Crippen LogP) is 14.7. The molecule has 2 heterocycles. The van der Waals surface area contributed by atoms with Crippen LogP contribution in [0.25, 0.3) is 78.1 Å². The van der Waals surface area contributed by atoms with Crippen molar-refractivity contribution in [2.45, 2.75) is 15.2 Å². The van der Waals surface area contributed by atoms with E-state index in [1.54, 1.807) is 0 Å². The van der Waals surface area contributed by atoms with Crippen LogP contribution < -0.4 is 0 Å². The Balaban J connectivity index is 1.02. The van der Waals surface area contributed by atoms with E-state index in [0.717, 1.165) is 61.1 Å². The molecule has 9 aromatic carbocycles. The molecule has 0 atom stereocenters. The smallest absolute Gasteiger partial charge is 0.160 e. The van der Waals surface area contributed by atoms with Crippen LogP contribution in [0.1, 0.15) is 27.8 Å². The lowest BCUT2D eigenvalue weighted by Gasteiger charge is -2.40. The van der Waals surface area contributed by atoms with Gasteiger partial charge in [-0.25, -0.2) is 9.97 Å². The molecule has 4 heteroatoms. The summed E-state index contributed by atoms with van der Waals surface area (Å²) >= 11 is 1.83. The van der Waals surface area contributed by atoms with Gasteiger partial charge >= 0.3 is 0 Å².